The molecule has 0 bridgehead atoms. The second-order valence-corrected chi connectivity index (χ2v) is 4.92. The summed E-state index contributed by atoms with van der Waals surface area (Å²) < 4.78 is 35.4. The van der Waals surface area contributed by atoms with Crippen LogP contribution in [0.5, 0.6) is 0 Å². The van der Waals surface area contributed by atoms with Crippen molar-refractivity contribution in [3.63, 3.8) is 0 Å². The Labute approximate surface area is 98.7 Å². The average Bonchev–Trinajstić information content (AvgIpc) is 2.77. The van der Waals surface area contributed by atoms with Crippen LogP contribution in [0.3, 0.4) is 0 Å². The van der Waals surface area contributed by atoms with Crippen molar-refractivity contribution >= 4 is 22.0 Å². The van der Waals surface area contributed by atoms with Gasteiger partial charge in [0.15, 0.2) is 5.82 Å². The Bertz CT molecular complexity index is 456. The maximum Gasteiger partial charge on any atom is 0.306 e. The zero-order chi connectivity index (χ0) is 12.9. The lowest BCUT2D eigenvalue weighted by Crippen LogP contribution is -2.34. The van der Waals surface area contributed by atoms with Crippen molar-refractivity contribution in [2.75, 3.05) is 25.4 Å². The number of anilines is 1. The standard InChI is InChI=1S/C8H13N3O5S/c1-11(5-3-8(12)15-2)17(13,14)10-7-4-6-16-9-7/h4,6H,3,5H2,1-2H3,(H,9,10). The van der Waals surface area contributed by atoms with Crippen molar-refractivity contribution < 1.29 is 22.5 Å². The number of methoxy groups -OCH3 is 1. The molecule has 0 spiro atoms. The van der Waals surface area contributed by atoms with E-state index in [1.54, 1.807) is 0 Å². The fourth-order valence-corrected chi connectivity index (χ4v) is 1.80. The van der Waals surface area contributed by atoms with E-state index in [1.165, 1.54) is 26.5 Å². The molecule has 1 rings (SSSR count). The molecule has 0 amide bonds. The fourth-order valence-electron chi connectivity index (χ4n) is 0.946. The molecule has 0 aliphatic heterocycles. The van der Waals surface area contributed by atoms with Crippen molar-refractivity contribution in [1.82, 2.24) is 9.46 Å². The SMILES string of the molecule is COC(=O)CCN(C)S(=O)(=O)Nc1ccon1. The van der Waals surface area contributed by atoms with E-state index in [0.29, 0.717) is 0 Å². The zero-order valence-corrected chi connectivity index (χ0v) is 10.2. The Morgan fingerprint density at radius 3 is 2.88 bits per heavy atom. The van der Waals surface area contributed by atoms with Gasteiger partial charge in [-0.3, -0.25) is 9.52 Å². The molecule has 0 aliphatic carbocycles. The third kappa shape index (κ3) is 4.04. The molecule has 0 aromatic carbocycles. The Balaban J connectivity index is 2.55. The minimum atomic E-state index is -3.73. The van der Waals surface area contributed by atoms with Crippen LogP contribution in [0.25, 0.3) is 0 Å². The van der Waals surface area contributed by atoms with Crippen LogP contribution < -0.4 is 4.72 Å². The van der Waals surface area contributed by atoms with E-state index in [-0.39, 0.29) is 18.8 Å². The third-order valence-corrected chi connectivity index (χ3v) is 3.41. The van der Waals surface area contributed by atoms with E-state index in [2.05, 4.69) is 19.1 Å². The monoisotopic (exact) mass is 263 g/mol. The highest BCUT2D eigenvalue weighted by Gasteiger charge is 2.19. The first kappa shape index (κ1) is 13.5. The van der Waals surface area contributed by atoms with Gasteiger partial charge >= 0.3 is 16.2 Å². The highest BCUT2D eigenvalue weighted by atomic mass is 32.2. The first-order valence-corrected chi connectivity index (χ1v) is 6.11. The van der Waals surface area contributed by atoms with Crippen LogP contribution in [0.4, 0.5) is 5.82 Å². The van der Waals surface area contributed by atoms with E-state index in [9.17, 15) is 13.2 Å². The summed E-state index contributed by atoms with van der Waals surface area (Å²) in [6.07, 6.45) is 1.22. The summed E-state index contributed by atoms with van der Waals surface area (Å²) >= 11 is 0. The number of carbonyl (C=O) groups excluding carboxylic acids is 1. The zero-order valence-electron chi connectivity index (χ0n) is 9.41. The topological polar surface area (TPSA) is 102 Å². The molecule has 8 nitrogen and oxygen atoms in total. The fraction of sp³-hybridized carbons (Fsp3) is 0.500. The van der Waals surface area contributed by atoms with Crippen LogP contribution in [-0.4, -0.2) is 44.6 Å². The number of rotatable bonds is 6. The van der Waals surface area contributed by atoms with E-state index in [4.69, 9.17) is 0 Å². The lowest BCUT2D eigenvalue weighted by Gasteiger charge is -2.16. The Hall–Kier alpha value is -1.61. The first-order chi connectivity index (χ1) is 7.95. The number of hydrogen-bond donors (Lipinski definition) is 1. The summed E-state index contributed by atoms with van der Waals surface area (Å²) in [4.78, 5) is 10.9. The first-order valence-electron chi connectivity index (χ1n) is 4.67. The smallest absolute Gasteiger partial charge is 0.306 e. The Morgan fingerprint density at radius 2 is 2.35 bits per heavy atom. The predicted octanol–water partition coefficient (Wildman–Crippen LogP) is -0.174. The minimum absolute atomic E-state index is 0.0137. The number of carbonyl (C=O) groups is 1. The normalized spacial score (nSPS) is 11.5. The van der Waals surface area contributed by atoms with Gasteiger partial charge in [-0.1, -0.05) is 5.16 Å². The summed E-state index contributed by atoms with van der Waals surface area (Å²) in [6.45, 7) is 0.0137. The van der Waals surface area contributed by atoms with Crippen LogP contribution in [0, 0.1) is 0 Å². The van der Waals surface area contributed by atoms with Crippen LogP contribution in [0.2, 0.25) is 0 Å². The van der Waals surface area contributed by atoms with Gasteiger partial charge in [0, 0.05) is 19.7 Å². The predicted molar refractivity (Wildman–Crippen MR) is 58.3 cm³/mol. The number of esters is 1. The van der Waals surface area contributed by atoms with Gasteiger partial charge in [-0.15, -0.1) is 0 Å². The molecule has 1 aromatic heterocycles. The summed E-state index contributed by atoms with van der Waals surface area (Å²) in [5.74, 6) is -0.400. The molecule has 1 heterocycles. The van der Waals surface area contributed by atoms with Crippen LogP contribution in [0.1, 0.15) is 6.42 Å². The largest absolute Gasteiger partial charge is 0.469 e. The Morgan fingerprint density at radius 1 is 1.65 bits per heavy atom. The van der Waals surface area contributed by atoms with E-state index in [0.717, 1.165) is 4.31 Å². The highest BCUT2D eigenvalue weighted by Crippen LogP contribution is 2.07. The molecule has 0 unspecified atom stereocenters. The molecule has 9 heteroatoms. The van der Waals surface area contributed by atoms with Crippen LogP contribution >= 0.6 is 0 Å². The van der Waals surface area contributed by atoms with E-state index < -0.39 is 16.2 Å². The number of aromatic nitrogens is 1. The van der Waals surface area contributed by atoms with Gasteiger partial charge in [0.05, 0.1) is 13.5 Å². The lowest BCUT2D eigenvalue weighted by molar-refractivity contribution is -0.140. The summed E-state index contributed by atoms with van der Waals surface area (Å²) in [5.41, 5.74) is 0. The second kappa shape index (κ2) is 5.64. The number of nitrogens with zero attached hydrogens (tertiary/aromatic N) is 2. The van der Waals surface area contributed by atoms with Gasteiger partial charge in [-0.05, 0) is 0 Å². The van der Waals surface area contributed by atoms with Crippen molar-refractivity contribution in [2.45, 2.75) is 6.42 Å². The molecule has 1 aromatic rings. The maximum absolute atomic E-state index is 11.7. The molecule has 0 aliphatic rings. The molecule has 1 N–H and O–H groups in total. The van der Waals surface area contributed by atoms with Gasteiger partial charge in [0.1, 0.15) is 6.26 Å². The number of hydrogen-bond acceptors (Lipinski definition) is 6. The average molecular weight is 263 g/mol. The van der Waals surface area contributed by atoms with Gasteiger partial charge in [0.25, 0.3) is 0 Å². The minimum Gasteiger partial charge on any atom is -0.469 e. The second-order valence-electron chi connectivity index (χ2n) is 3.14. The van der Waals surface area contributed by atoms with Gasteiger partial charge in [-0.25, -0.2) is 0 Å². The molecule has 0 atom stereocenters. The van der Waals surface area contributed by atoms with Crippen LogP contribution in [0.15, 0.2) is 16.9 Å². The van der Waals surface area contributed by atoms with Crippen molar-refractivity contribution in [3.8, 4) is 0 Å². The number of nitrogens with one attached hydrogen (secondary N) is 1. The molecule has 17 heavy (non-hydrogen) atoms. The Kier molecular flexibility index (Phi) is 4.46. The maximum atomic E-state index is 11.7. The van der Waals surface area contributed by atoms with Gasteiger partial charge < -0.3 is 9.26 Å². The van der Waals surface area contributed by atoms with E-state index in [1.807, 2.05) is 0 Å². The summed E-state index contributed by atoms with van der Waals surface area (Å²) in [5, 5.41) is 3.41. The molecular weight excluding hydrogens is 250 g/mol. The van der Waals surface area contributed by atoms with E-state index >= 15 is 0 Å². The molecule has 0 saturated carbocycles. The lowest BCUT2D eigenvalue weighted by atomic mass is 10.4. The summed E-state index contributed by atoms with van der Waals surface area (Å²) in [6, 6.07) is 1.37. The van der Waals surface area contributed by atoms with Crippen LogP contribution in [-0.2, 0) is 19.7 Å². The number of ether oxygens (including phenoxy) is 1. The third-order valence-electron chi connectivity index (χ3n) is 1.94. The van der Waals surface area contributed by atoms with Gasteiger partial charge in [-0.2, -0.15) is 12.7 Å². The molecule has 96 valence electrons. The quantitative estimate of drug-likeness (QED) is 0.715. The van der Waals surface area contributed by atoms with Crippen molar-refractivity contribution in [3.05, 3.63) is 12.3 Å². The molecule has 0 radical (unpaired) electrons. The molecule has 0 fully saturated rings. The molecular formula is C8H13N3O5S. The van der Waals surface area contributed by atoms with Gasteiger partial charge in [0.2, 0.25) is 0 Å². The van der Waals surface area contributed by atoms with Crippen molar-refractivity contribution in [1.29, 1.82) is 0 Å². The summed E-state index contributed by atoms with van der Waals surface area (Å²) in [7, 11) is -1.15. The van der Waals surface area contributed by atoms with Crippen molar-refractivity contribution in [2.24, 2.45) is 0 Å². The molecule has 0 saturated heterocycles. The highest BCUT2D eigenvalue weighted by molar-refractivity contribution is 7.90.